The number of nitrogens with zero attached hydrogens (tertiary/aromatic N) is 2. The van der Waals surface area contributed by atoms with Crippen LogP contribution in [-0.2, 0) is 9.53 Å². The zero-order chi connectivity index (χ0) is 16.0. The van der Waals surface area contributed by atoms with Crippen LogP contribution in [0, 0.1) is 0 Å². The highest BCUT2D eigenvalue weighted by atomic mass is 16.5. The van der Waals surface area contributed by atoms with E-state index in [1.165, 1.54) is 26.5 Å². The van der Waals surface area contributed by atoms with Gasteiger partial charge in [0.1, 0.15) is 5.54 Å². The molecule has 0 aliphatic carbocycles. The molecule has 1 aliphatic heterocycles. The normalized spacial score (nSPS) is 22.8. The quantitative estimate of drug-likeness (QED) is 0.685. The van der Waals surface area contributed by atoms with E-state index in [2.05, 4.69) is 43.1 Å². The van der Waals surface area contributed by atoms with Crippen molar-refractivity contribution in [2.75, 3.05) is 40.8 Å². The van der Waals surface area contributed by atoms with E-state index in [1.807, 2.05) is 6.92 Å². The molecule has 2 atom stereocenters. The third kappa shape index (κ3) is 5.57. The molecule has 0 bridgehead atoms. The molecule has 1 N–H and O–H groups in total. The Morgan fingerprint density at radius 1 is 1.52 bits per heavy atom. The summed E-state index contributed by atoms with van der Waals surface area (Å²) in [5.41, 5.74) is -0.612. The predicted octanol–water partition coefficient (Wildman–Crippen LogP) is 1.33. The van der Waals surface area contributed by atoms with Crippen molar-refractivity contribution in [2.45, 2.75) is 57.7 Å². The van der Waals surface area contributed by atoms with E-state index < -0.39 is 5.54 Å². The van der Waals surface area contributed by atoms with Gasteiger partial charge in [-0.25, -0.2) is 0 Å². The maximum absolute atomic E-state index is 12.1. The van der Waals surface area contributed by atoms with Crippen LogP contribution in [0.2, 0.25) is 0 Å². The Morgan fingerprint density at radius 3 is 2.67 bits per heavy atom. The lowest BCUT2D eigenvalue weighted by molar-refractivity contribution is -0.148. The lowest BCUT2D eigenvalue weighted by atomic mass is 9.96. The van der Waals surface area contributed by atoms with Crippen LogP contribution < -0.4 is 5.32 Å². The van der Waals surface area contributed by atoms with Crippen molar-refractivity contribution >= 4 is 5.97 Å². The van der Waals surface area contributed by atoms with E-state index in [-0.39, 0.29) is 12.0 Å². The summed E-state index contributed by atoms with van der Waals surface area (Å²) in [5.74, 6) is -0.178. The number of likely N-dealkylation sites (N-methyl/N-ethyl adjacent to an activating group) is 2. The number of ether oxygens (including phenoxy) is 1. The highest BCUT2D eigenvalue weighted by molar-refractivity contribution is 5.80. The minimum atomic E-state index is -0.612. The van der Waals surface area contributed by atoms with Gasteiger partial charge in [-0.15, -0.1) is 0 Å². The zero-order valence-electron chi connectivity index (χ0n) is 14.6. The largest absolute Gasteiger partial charge is 0.468 e. The van der Waals surface area contributed by atoms with Gasteiger partial charge in [-0.05, 0) is 60.7 Å². The van der Waals surface area contributed by atoms with Crippen molar-refractivity contribution in [1.82, 2.24) is 15.1 Å². The second-order valence-electron chi connectivity index (χ2n) is 6.91. The Morgan fingerprint density at radius 2 is 2.19 bits per heavy atom. The fourth-order valence-corrected chi connectivity index (χ4v) is 3.17. The van der Waals surface area contributed by atoms with Crippen LogP contribution >= 0.6 is 0 Å². The molecule has 124 valence electrons. The standard InChI is InChI=1S/C16H33N3O2/c1-13(2)17-16(3,15(20)21-6)9-11-18(4)12-14-8-7-10-19(14)5/h13-14,17H,7-12H2,1-6H3. The summed E-state index contributed by atoms with van der Waals surface area (Å²) in [5, 5.41) is 3.35. The lowest BCUT2D eigenvalue weighted by Gasteiger charge is -2.33. The molecule has 0 aromatic heterocycles. The summed E-state index contributed by atoms with van der Waals surface area (Å²) in [6.45, 7) is 9.20. The van der Waals surface area contributed by atoms with Crippen LogP contribution in [0.3, 0.4) is 0 Å². The third-order valence-electron chi connectivity index (χ3n) is 4.43. The van der Waals surface area contributed by atoms with E-state index in [4.69, 9.17) is 4.74 Å². The first-order valence-electron chi connectivity index (χ1n) is 8.03. The molecule has 0 aromatic carbocycles. The molecule has 2 unspecified atom stereocenters. The minimum absolute atomic E-state index is 0.178. The van der Waals surface area contributed by atoms with E-state index in [0.717, 1.165) is 19.5 Å². The van der Waals surface area contributed by atoms with Crippen molar-refractivity contribution < 1.29 is 9.53 Å². The van der Waals surface area contributed by atoms with Crippen LogP contribution in [0.25, 0.3) is 0 Å². The summed E-state index contributed by atoms with van der Waals surface area (Å²) in [4.78, 5) is 16.8. The van der Waals surface area contributed by atoms with E-state index in [1.54, 1.807) is 0 Å². The Labute approximate surface area is 130 Å². The minimum Gasteiger partial charge on any atom is -0.468 e. The summed E-state index contributed by atoms with van der Waals surface area (Å²) >= 11 is 0. The average molecular weight is 299 g/mol. The van der Waals surface area contributed by atoms with Gasteiger partial charge in [0.2, 0.25) is 0 Å². The Bertz CT molecular complexity index is 335. The van der Waals surface area contributed by atoms with Gasteiger partial charge in [0.25, 0.3) is 0 Å². The number of hydrogen-bond donors (Lipinski definition) is 1. The van der Waals surface area contributed by atoms with Crippen LogP contribution in [0.15, 0.2) is 0 Å². The zero-order valence-corrected chi connectivity index (χ0v) is 14.6. The van der Waals surface area contributed by atoms with Crippen molar-refractivity contribution in [1.29, 1.82) is 0 Å². The van der Waals surface area contributed by atoms with Crippen LogP contribution in [0.5, 0.6) is 0 Å². The number of rotatable bonds is 8. The summed E-state index contributed by atoms with van der Waals surface area (Å²) in [6, 6.07) is 0.901. The fourth-order valence-electron chi connectivity index (χ4n) is 3.17. The number of esters is 1. The Balaban J connectivity index is 2.49. The lowest BCUT2D eigenvalue weighted by Crippen LogP contribution is -2.54. The number of likely N-dealkylation sites (tertiary alicyclic amines) is 1. The molecule has 0 radical (unpaired) electrons. The number of methoxy groups -OCH3 is 1. The number of nitrogens with one attached hydrogen (secondary N) is 1. The maximum atomic E-state index is 12.1. The second kappa shape index (κ2) is 8.11. The van der Waals surface area contributed by atoms with Gasteiger partial charge in [-0.1, -0.05) is 0 Å². The van der Waals surface area contributed by atoms with Crippen LogP contribution in [0.1, 0.15) is 40.0 Å². The van der Waals surface area contributed by atoms with E-state index >= 15 is 0 Å². The predicted molar refractivity (Wildman–Crippen MR) is 86.5 cm³/mol. The smallest absolute Gasteiger partial charge is 0.325 e. The fraction of sp³-hybridized carbons (Fsp3) is 0.938. The molecule has 0 saturated carbocycles. The number of carbonyl (C=O) groups is 1. The molecule has 1 rings (SSSR count). The third-order valence-corrected chi connectivity index (χ3v) is 4.43. The summed E-state index contributed by atoms with van der Waals surface area (Å²) in [6.07, 6.45) is 3.33. The average Bonchev–Trinajstić information content (AvgIpc) is 2.80. The first kappa shape index (κ1) is 18.4. The molecule has 1 aliphatic rings. The number of hydrogen-bond acceptors (Lipinski definition) is 5. The van der Waals surface area contributed by atoms with Crippen molar-refractivity contribution in [3.8, 4) is 0 Å². The van der Waals surface area contributed by atoms with E-state index in [9.17, 15) is 4.79 Å². The van der Waals surface area contributed by atoms with Gasteiger partial charge in [-0.3, -0.25) is 10.1 Å². The molecule has 0 spiro atoms. The molecule has 0 aromatic rings. The summed E-state index contributed by atoms with van der Waals surface area (Å²) in [7, 11) is 5.80. The maximum Gasteiger partial charge on any atom is 0.325 e. The molecule has 5 nitrogen and oxygen atoms in total. The first-order chi connectivity index (χ1) is 9.78. The highest BCUT2D eigenvalue weighted by Crippen LogP contribution is 2.17. The molecule has 1 saturated heterocycles. The van der Waals surface area contributed by atoms with Gasteiger partial charge in [0.15, 0.2) is 0 Å². The first-order valence-corrected chi connectivity index (χ1v) is 8.03. The van der Waals surface area contributed by atoms with Crippen LogP contribution in [0.4, 0.5) is 0 Å². The molecule has 0 amide bonds. The van der Waals surface area contributed by atoms with Gasteiger partial charge >= 0.3 is 5.97 Å². The van der Waals surface area contributed by atoms with Gasteiger partial charge < -0.3 is 14.5 Å². The van der Waals surface area contributed by atoms with E-state index in [0.29, 0.717) is 6.04 Å². The molecular weight excluding hydrogens is 266 g/mol. The molecule has 1 fully saturated rings. The molecule has 1 heterocycles. The van der Waals surface area contributed by atoms with Crippen molar-refractivity contribution in [3.63, 3.8) is 0 Å². The van der Waals surface area contributed by atoms with Crippen molar-refractivity contribution in [3.05, 3.63) is 0 Å². The van der Waals surface area contributed by atoms with Crippen LogP contribution in [-0.4, -0.2) is 74.2 Å². The SMILES string of the molecule is COC(=O)C(C)(CCN(C)CC1CCCN1C)NC(C)C. The summed E-state index contributed by atoms with van der Waals surface area (Å²) < 4.78 is 4.97. The topological polar surface area (TPSA) is 44.8 Å². The molecule has 5 heteroatoms. The molecular formula is C16H33N3O2. The van der Waals surface area contributed by atoms with Gasteiger partial charge in [0.05, 0.1) is 7.11 Å². The Hall–Kier alpha value is -0.650. The Kier molecular flexibility index (Phi) is 7.10. The van der Waals surface area contributed by atoms with Gasteiger partial charge in [-0.2, -0.15) is 0 Å². The second-order valence-corrected chi connectivity index (χ2v) is 6.91. The van der Waals surface area contributed by atoms with Crippen molar-refractivity contribution in [2.24, 2.45) is 0 Å². The highest BCUT2D eigenvalue weighted by Gasteiger charge is 2.35. The monoisotopic (exact) mass is 299 g/mol. The molecule has 21 heavy (non-hydrogen) atoms. The number of carbonyl (C=O) groups excluding carboxylic acids is 1. The van der Waals surface area contributed by atoms with Gasteiger partial charge in [0, 0.05) is 25.2 Å².